The van der Waals surface area contributed by atoms with Gasteiger partial charge in [0.1, 0.15) is 0 Å². The fourth-order valence-electron chi connectivity index (χ4n) is 0. The molecule has 53 valence electrons. The maximum absolute atomic E-state index is 9.59. The molecule has 0 aromatic carbocycles. The SMILES string of the molecule is CO.COC(C)=O.[Rh]. The van der Waals surface area contributed by atoms with Gasteiger partial charge in [-0.25, -0.2) is 0 Å². The van der Waals surface area contributed by atoms with Gasteiger partial charge < -0.3 is 9.84 Å². The summed E-state index contributed by atoms with van der Waals surface area (Å²) in [5, 5.41) is 7.00. The van der Waals surface area contributed by atoms with Crippen LogP contribution in [0.3, 0.4) is 0 Å². The third-order valence-corrected chi connectivity index (χ3v) is 0.287. The third-order valence-electron chi connectivity index (χ3n) is 0.287. The Kier molecular flexibility index (Phi) is 30.9. The molecule has 0 unspecified atom stereocenters. The zero-order valence-electron chi connectivity index (χ0n) is 5.10. The number of esters is 1. The monoisotopic (exact) mass is 209 g/mol. The molecule has 0 aliphatic heterocycles. The van der Waals surface area contributed by atoms with Crippen LogP contribution in [0.25, 0.3) is 0 Å². The van der Waals surface area contributed by atoms with Crippen LogP contribution in [0.5, 0.6) is 0 Å². The molecule has 0 atom stereocenters. The van der Waals surface area contributed by atoms with Crippen LogP contribution in [0.2, 0.25) is 0 Å². The Bertz CT molecular complexity index is 46.5. The standard InChI is InChI=1S/C3H6O2.CH4O.Rh/c1-3(4)5-2;1-2;/h1-2H3;2H,1H3;. The van der Waals surface area contributed by atoms with Crippen molar-refractivity contribution in [1.29, 1.82) is 0 Å². The van der Waals surface area contributed by atoms with Gasteiger partial charge in [-0.1, -0.05) is 0 Å². The topological polar surface area (TPSA) is 46.5 Å². The first-order chi connectivity index (χ1) is 3.27. The first kappa shape index (κ1) is 15.7. The Morgan fingerprint density at radius 3 is 1.62 bits per heavy atom. The predicted octanol–water partition coefficient (Wildman–Crippen LogP) is -0.215. The average Bonchev–Trinajstić information content (AvgIpc) is 1.73. The summed E-state index contributed by atoms with van der Waals surface area (Å²) in [6.07, 6.45) is 0. The molecule has 0 saturated carbocycles. The minimum atomic E-state index is -0.245. The minimum absolute atomic E-state index is 0. The number of carbonyl (C=O) groups is 1. The fraction of sp³-hybridized carbons (Fsp3) is 0.750. The normalized spacial score (nSPS) is 5.00. The number of methoxy groups -OCH3 is 1. The van der Waals surface area contributed by atoms with Crippen molar-refractivity contribution in [1.82, 2.24) is 0 Å². The fourth-order valence-corrected chi connectivity index (χ4v) is 0. The first-order valence-corrected chi connectivity index (χ1v) is 1.76. The van der Waals surface area contributed by atoms with Gasteiger partial charge >= 0.3 is 5.97 Å². The molecule has 8 heavy (non-hydrogen) atoms. The van der Waals surface area contributed by atoms with Crippen LogP contribution < -0.4 is 0 Å². The second-order valence-corrected chi connectivity index (χ2v) is 0.696. The molecule has 0 aliphatic carbocycles. The van der Waals surface area contributed by atoms with E-state index in [1.54, 1.807) is 0 Å². The molecule has 3 nitrogen and oxygen atoms in total. The summed E-state index contributed by atoms with van der Waals surface area (Å²) in [6.45, 7) is 1.36. The average molecular weight is 209 g/mol. The van der Waals surface area contributed by atoms with Crippen molar-refractivity contribution >= 4 is 5.97 Å². The van der Waals surface area contributed by atoms with E-state index in [1.165, 1.54) is 14.0 Å². The largest absolute Gasteiger partial charge is 0.469 e. The van der Waals surface area contributed by atoms with Crippen molar-refractivity contribution in [2.24, 2.45) is 0 Å². The quantitative estimate of drug-likeness (QED) is 0.443. The van der Waals surface area contributed by atoms with Crippen molar-refractivity contribution in [2.45, 2.75) is 6.92 Å². The molecule has 0 aromatic heterocycles. The number of ether oxygens (including phenoxy) is 1. The first-order valence-electron chi connectivity index (χ1n) is 1.76. The number of rotatable bonds is 0. The Morgan fingerprint density at radius 1 is 1.50 bits per heavy atom. The third kappa shape index (κ3) is 36.7. The van der Waals surface area contributed by atoms with Crippen LogP contribution in [-0.2, 0) is 29.0 Å². The van der Waals surface area contributed by atoms with E-state index in [2.05, 4.69) is 4.74 Å². The van der Waals surface area contributed by atoms with Gasteiger partial charge in [0, 0.05) is 33.5 Å². The molecule has 4 heteroatoms. The summed E-state index contributed by atoms with van der Waals surface area (Å²) in [4.78, 5) is 9.59. The second-order valence-electron chi connectivity index (χ2n) is 0.696. The molecule has 0 heterocycles. The molecule has 0 saturated heterocycles. The van der Waals surface area contributed by atoms with Gasteiger partial charge in [0.05, 0.1) is 7.11 Å². The Labute approximate surface area is 61.8 Å². The van der Waals surface area contributed by atoms with E-state index in [0.717, 1.165) is 7.11 Å². The predicted molar refractivity (Wildman–Crippen MR) is 25.8 cm³/mol. The Balaban J connectivity index is -0.0000000750. The van der Waals surface area contributed by atoms with Crippen LogP contribution >= 0.6 is 0 Å². The van der Waals surface area contributed by atoms with E-state index in [-0.39, 0.29) is 25.4 Å². The summed E-state index contributed by atoms with van der Waals surface area (Å²) >= 11 is 0. The van der Waals surface area contributed by atoms with E-state index in [0.29, 0.717) is 0 Å². The van der Waals surface area contributed by atoms with Gasteiger partial charge in [0.15, 0.2) is 0 Å². The zero-order valence-corrected chi connectivity index (χ0v) is 6.74. The second kappa shape index (κ2) is 15.7. The maximum Gasteiger partial charge on any atom is 0.302 e. The molecule has 0 fully saturated rings. The van der Waals surface area contributed by atoms with Gasteiger partial charge in [-0.2, -0.15) is 0 Å². The van der Waals surface area contributed by atoms with Gasteiger partial charge in [-0.05, 0) is 0 Å². The smallest absolute Gasteiger partial charge is 0.302 e. The molecule has 0 bridgehead atoms. The van der Waals surface area contributed by atoms with Crippen molar-refractivity contribution in [3.63, 3.8) is 0 Å². The van der Waals surface area contributed by atoms with E-state index >= 15 is 0 Å². The van der Waals surface area contributed by atoms with Gasteiger partial charge in [-0.15, -0.1) is 0 Å². The summed E-state index contributed by atoms with van der Waals surface area (Å²) in [7, 11) is 2.35. The van der Waals surface area contributed by atoms with E-state index in [9.17, 15) is 4.79 Å². The maximum atomic E-state index is 9.59. The number of aliphatic hydroxyl groups excluding tert-OH is 1. The summed E-state index contributed by atoms with van der Waals surface area (Å²) in [6, 6.07) is 0. The molecular weight excluding hydrogens is 199 g/mol. The summed E-state index contributed by atoms with van der Waals surface area (Å²) in [5.41, 5.74) is 0. The molecule has 1 radical (unpaired) electrons. The summed E-state index contributed by atoms with van der Waals surface area (Å²) in [5.74, 6) is -0.245. The van der Waals surface area contributed by atoms with Crippen LogP contribution in [0, 0.1) is 0 Å². The van der Waals surface area contributed by atoms with Crippen LogP contribution in [0.15, 0.2) is 0 Å². The number of aliphatic hydroxyl groups is 1. The van der Waals surface area contributed by atoms with Gasteiger partial charge in [0.2, 0.25) is 0 Å². The van der Waals surface area contributed by atoms with Crippen molar-refractivity contribution in [3.05, 3.63) is 0 Å². The molecule has 0 aliphatic rings. The van der Waals surface area contributed by atoms with Crippen molar-refractivity contribution in [3.8, 4) is 0 Å². The minimum Gasteiger partial charge on any atom is -0.469 e. The number of hydrogen-bond acceptors (Lipinski definition) is 3. The summed E-state index contributed by atoms with van der Waals surface area (Å²) < 4.78 is 4.11. The van der Waals surface area contributed by atoms with Crippen LogP contribution in [0.1, 0.15) is 6.92 Å². The number of carbonyl (C=O) groups excluding carboxylic acids is 1. The number of hydrogen-bond donors (Lipinski definition) is 1. The van der Waals surface area contributed by atoms with Gasteiger partial charge in [-0.3, -0.25) is 4.79 Å². The van der Waals surface area contributed by atoms with E-state index in [1.807, 2.05) is 0 Å². The molecule has 0 aromatic rings. The van der Waals surface area contributed by atoms with E-state index in [4.69, 9.17) is 5.11 Å². The van der Waals surface area contributed by atoms with Gasteiger partial charge in [0.25, 0.3) is 0 Å². The molecule has 0 amide bonds. The Hall–Kier alpha value is 0.0534. The molecule has 0 spiro atoms. The Morgan fingerprint density at radius 2 is 1.62 bits per heavy atom. The van der Waals surface area contributed by atoms with E-state index < -0.39 is 0 Å². The van der Waals surface area contributed by atoms with Crippen molar-refractivity contribution in [2.75, 3.05) is 14.2 Å². The van der Waals surface area contributed by atoms with Crippen molar-refractivity contribution < 1.29 is 34.1 Å². The zero-order chi connectivity index (χ0) is 6.28. The molecule has 1 N–H and O–H groups in total. The van der Waals surface area contributed by atoms with Crippen LogP contribution in [-0.4, -0.2) is 25.3 Å². The van der Waals surface area contributed by atoms with Crippen LogP contribution in [0.4, 0.5) is 0 Å². The molecular formula is C4H10O3Rh. The molecule has 0 rings (SSSR count).